The predicted octanol–water partition coefficient (Wildman–Crippen LogP) is -0.394. The number of fused-ring (bicyclic) bond motifs is 1. The minimum absolute atomic E-state index is 0.0418. The van der Waals surface area contributed by atoms with Gasteiger partial charge in [0.05, 0.1) is 12.5 Å². The lowest BCUT2D eigenvalue weighted by Gasteiger charge is -2.39. The predicted molar refractivity (Wildman–Crippen MR) is 168 cm³/mol. The van der Waals surface area contributed by atoms with Crippen LogP contribution in [0.25, 0.3) is 6.08 Å². The van der Waals surface area contributed by atoms with E-state index in [2.05, 4.69) is 5.32 Å². The van der Waals surface area contributed by atoms with Crippen LogP contribution in [0, 0.1) is 0 Å². The summed E-state index contributed by atoms with van der Waals surface area (Å²) in [6, 6.07) is 6.02. The number of hydrogen-bond donors (Lipinski definition) is 9. The van der Waals surface area contributed by atoms with E-state index in [0.29, 0.717) is 11.1 Å². The maximum absolute atomic E-state index is 12.2. The average Bonchev–Trinajstić information content (AvgIpc) is 3.43. The van der Waals surface area contributed by atoms with Crippen molar-refractivity contribution in [1.29, 1.82) is 0 Å². The molecule has 0 radical (unpaired) electrons. The smallest absolute Gasteiger partial charge is 0.373 e. The van der Waals surface area contributed by atoms with Crippen molar-refractivity contribution in [3.05, 3.63) is 77.0 Å². The third-order valence-corrected chi connectivity index (χ3v) is 8.16. The van der Waals surface area contributed by atoms with Gasteiger partial charge in [0.15, 0.2) is 17.7 Å². The summed E-state index contributed by atoms with van der Waals surface area (Å²) >= 11 is 0. The molecule has 3 heterocycles. The summed E-state index contributed by atoms with van der Waals surface area (Å²) in [5.74, 6) is -5.49. The number of aromatic hydroxyl groups is 2. The number of ether oxygens (including phenoxy) is 3. The van der Waals surface area contributed by atoms with E-state index in [0.717, 1.165) is 6.08 Å². The highest BCUT2D eigenvalue weighted by Gasteiger charge is 2.46. The molecule has 17 nitrogen and oxygen atoms in total. The van der Waals surface area contributed by atoms with Gasteiger partial charge < -0.3 is 60.4 Å². The number of phenolic OH excluding ortho intramolecular Hbond substituents is 2. The number of phenols is 2. The first kappa shape index (κ1) is 35.6. The second kappa shape index (κ2) is 14.8. The Hall–Kier alpha value is -5.75. The second-order valence-corrected chi connectivity index (χ2v) is 11.6. The quantitative estimate of drug-likeness (QED) is 0.0868. The van der Waals surface area contributed by atoms with E-state index >= 15 is 0 Å². The van der Waals surface area contributed by atoms with Gasteiger partial charge in [-0.05, 0) is 41.5 Å². The summed E-state index contributed by atoms with van der Waals surface area (Å²) in [6.07, 6.45) is -2.16. The second-order valence-electron chi connectivity index (χ2n) is 11.6. The third-order valence-electron chi connectivity index (χ3n) is 8.16. The monoisotopic (exact) mass is 697 g/mol. The molecular weight excluding hydrogens is 664 g/mol. The van der Waals surface area contributed by atoms with Crippen LogP contribution in [-0.4, -0.2) is 125 Å². The Kier molecular flexibility index (Phi) is 10.5. The van der Waals surface area contributed by atoms with Crippen LogP contribution < -0.4 is 10.1 Å². The number of nitrogens with one attached hydrogen (secondary N) is 1. The van der Waals surface area contributed by atoms with E-state index < -0.39 is 79.0 Å². The molecule has 264 valence electrons. The summed E-state index contributed by atoms with van der Waals surface area (Å²) in [4.78, 5) is 47.4. The van der Waals surface area contributed by atoms with Gasteiger partial charge in [-0.25, -0.2) is 19.2 Å². The van der Waals surface area contributed by atoms with Crippen LogP contribution in [0.15, 0.2) is 65.9 Å². The minimum Gasteiger partial charge on any atom is -0.508 e. The first-order valence-corrected chi connectivity index (χ1v) is 15.1. The fourth-order valence-electron chi connectivity index (χ4n) is 5.53. The van der Waals surface area contributed by atoms with Gasteiger partial charge in [-0.1, -0.05) is 12.1 Å². The molecule has 0 amide bonds. The van der Waals surface area contributed by atoms with Crippen molar-refractivity contribution < 1.29 is 78.8 Å². The minimum atomic E-state index is -1.83. The Bertz CT molecular complexity index is 1800. The highest BCUT2D eigenvalue weighted by atomic mass is 16.7. The number of carbonyl (C=O) groups is 4. The molecule has 9 N–H and O–H groups in total. The molecule has 50 heavy (non-hydrogen) atoms. The zero-order chi connectivity index (χ0) is 36.3. The van der Waals surface area contributed by atoms with Crippen LogP contribution in [0.4, 0.5) is 5.69 Å². The van der Waals surface area contributed by atoms with Gasteiger partial charge in [-0.15, -0.1) is 0 Å². The Morgan fingerprint density at radius 1 is 0.940 bits per heavy atom. The van der Waals surface area contributed by atoms with Gasteiger partial charge in [0.1, 0.15) is 48.5 Å². The Balaban J connectivity index is 1.32. The van der Waals surface area contributed by atoms with E-state index in [-0.39, 0.29) is 41.3 Å². The molecular formula is C33H33N2O15+. The normalized spacial score (nSPS) is 27.7. The summed E-state index contributed by atoms with van der Waals surface area (Å²) < 4.78 is 17.7. The zero-order valence-corrected chi connectivity index (χ0v) is 25.9. The van der Waals surface area contributed by atoms with Crippen LogP contribution >= 0.6 is 0 Å². The van der Waals surface area contributed by atoms with Crippen molar-refractivity contribution in [3.8, 4) is 17.2 Å². The van der Waals surface area contributed by atoms with Crippen molar-refractivity contribution in [2.24, 2.45) is 0 Å². The number of rotatable bonds is 10. The molecule has 1 saturated heterocycles. The molecule has 0 aromatic heterocycles. The van der Waals surface area contributed by atoms with E-state index in [4.69, 9.17) is 14.2 Å². The first-order valence-electron chi connectivity index (χ1n) is 15.1. The number of aliphatic carboxylic acids is 3. The lowest BCUT2D eigenvalue weighted by molar-refractivity contribution is -0.456. The summed E-state index contributed by atoms with van der Waals surface area (Å²) in [7, 11) is 0. The number of esters is 1. The summed E-state index contributed by atoms with van der Waals surface area (Å²) in [5, 5.41) is 82.8. The third kappa shape index (κ3) is 7.92. The average molecular weight is 698 g/mol. The largest absolute Gasteiger partial charge is 0.508 e. The van der Waals surface area contributed by atoms with Crippen molar-refractivity contribution in [3.63, 3.8) is 0 Å². The number of nitrogens with zero attached hydrogens (tertiary/aromatic N) is 1. The number of aliphatic hydroxyl groups excluding tert-OH is 3. The van der Waals surface area contributed by atoms with Gasteiger partial charge in [-0.2, -0.15) is 4.58 Å². The Labute approximate surface area is 282 Å². The molecule has 0 saturated carbocycles. The SMILES string of the molecule is O=C(/C=C/c1ccc(O)cc1)OC[C@H]1O[C@@H](Oc2cc3c(cc2O)[N+](=C/C=C2/C=C(C(=O)O)N[C@H](C(=O)O)C2)[C@@H](C(=O)O)C3)[C@H](O)[C@@H](O)[C@@H]1O. The van der Waals surface area contributed by atoms with E-state index in [9.17, 15) is 60.0 Å². The molecule has 17 heteroatoms. The highest BCUT2D eigenvalue weighted by molar-refractivity contribution is 5.90. The number of hydrogen-bond acceptors (Lipinski definition) is 13. The number of carboxylic acids is 3. The van der Waals surface area contributed by atoms with Crippen molar-refractivity contribution >= 4 is 41.9 Å². The molecule has 7 atom stereocenters. The molecule has 3 aliphatic rings. The van der Waals surface area contributed by atoms with Gasteiger partial charge >= 0.3 is 23.9 Å². The molecule has 0 aliphatic carbocycles. The van der Waals surface area contributed by atoms with Crippen LogP contribution in [0.5, 0.6) is 17.2 Å². The van der Waals surface area contributed by atoms with Crippen molar-refractivity contribution in [2.75, 3.05) is 6.61 Å². The van der Waals surface area contributed by atoms with Gasteiger partial charge in [0.25, 0.3) is 6.04 Å². The highest BCUT2D eigenvalue weighted by Crippen LogP contribution is 2.40. The van der Waals surface area contributed by atoms with Crippen molar-refractivity contribution in [1.82, 2.24) is 5.32 Å². The van der Waals surface area contributed by atoms with Crippen LogP contribution in [0.1, 0.15) is 17.5 Å². The molecule has 0 bridgehead atoms. The maximum Gasteiger partial charge on any atom is 0.373 e. The van der Waals surface area contributed by atoms with E-state index in [1.807, 2.05) is 0 Å². The first-order chi connectivity index (χ1) is 23.7. The van der Waals surface area contributed by atoms with E-state index in [1.165, 1.54) is 53.3 Å². The molecule has 3 aliphatic heterocycles. The van der Waals surface area contributed by atoms with Crippen LogP contribution in [0.3, 0.4) is 0 Å². The van der Waals surface area contributed by atoms with E-state index in [1.54, 1.807) is 12.1 Å². The summed E-state index contributed by atoms with van der Waals surface area (Å²) in [5.41, 5.74) is 1.12. The number of aliphatic hydroxyl groups is 3. The molecule has 5 rings (SSSR count). The topological polar surface area (TPSA) is 273 Å². The lowest BCUT2D eigenvalue weighted by Crippen LogP contribution is -2.60. The Morgan fingerprint density at radius 3 is 2.32 bits per heavy atom. The number of carbonyl (C=O) groups excluding carboxylic acids is 1. The molecule has 2 aromatic carbocycles. The summed E-state index contributed by atoms with van der Waals surface area (Å²) in [6.45, 7) is -0.563. The van der Waals surface area contributed by atoms with Gasteiger partial charge in [-0.3, -0.25) is 0 Å². The fraction of sp³-hybridized carbons (Fsp3) is 0.303. The Morgan fingerprint density at radius 2 is 1.66 bits per heavy atom. The molecule has 0 unspecified atom stereocenters. The molecule has 2 aromatic rings. The van der Waals surface area contributed by atoms with Gasteiger partial charge in [0, 0.05) is 24.1 Å². The fourth-order valence-corrected chi connectivity index (χ4v) is 5.53. The zero-order valence-electron chi connectivity index (χ0n) is 25.9. The van der Waals surface area contributed by atoms with Gasteiger partial charge in [0.2, 0.25) is 12.0 Å². The number of allylic oxidation sites excluding steroid dienone is 2. The molecule has 1 fully saturated rings. The number of benzene rings is 2. The lowest BCUT2D eigenvalue weighted by atomic mass is 9.99. The molecule has 0 spiro atoms. The maximum atomic E-state index is 12.2. The van der Waals surface area contributed by atoms with Crippen LogP contribution in [-0.2, 0) is 35.1 Å². The number of carboxylic acid groups (broad SMARTS) is 3. The van der Waals surface area contributed by atoms with Crippen LogP contribution in [0.2, 0.25) is 0 Å². The van der Waals surface area contributed by atoms with Crippen molar-refractivity contribution in [2.45, 2.75) is 55.6 Å². The standard InChI is InChI=1S/C33H32N2O15/c36-18-4-1-15(2-5-18)3-6-26(38)48-14-25-27(39)28(40)29(41)33(50-25)49-24-12-17-11-22(32(46)47)35(21(17)13-23(24)37)8-7-16-9-19(30(42)43)34-20(10-16)31(44)45/h1-9,12-13,20,22,25,27-29,33,39-41H,10-11,14H2,(H5,36,37,38,42,43,44,45,46,47)/p+1/t20-,22+,25+,27+,28-,29+,33+/m0/s1.